The molecule has 186 valence electrons. The molecule has 0 spiro atoms. The number of aromatic nitrogens is 4. The molecule has 0 bridgehead atoms. The fourth-order valence-corrected chi connectivity index (χ4v) is 5.75. The predicted octanol–water partition coefficient (Wildman–Crippen LogP) is 3.86. The maximum Gasteiger partial charge on any atom is 0.170 e. The third-order valence-corrected chi connectivity index (χ3v) is 7.88. The van der Waals surface area contributed by atoms with Crippen LogP contribution in [0.3, 0.4) is 0 Å². The number of aldehydes is 1. The third kappa shape index (κ3) is 3.65. The van der Waals surface area contributed by atoms with Crippen LogP contribution in [-0.4, -0.2) is 59.4 Å². The van der Waals surface area contributed by atoms with Crippen molar-refractivity contribution < 1.29 is 13.9 Å². The van der Waals surface area contributed by atoms with Gasteiger partial charge < -0.3 is 19.5 Å². The molecule has 3 atom stereocenters. The second kappa shape index (κ2) is 8.74. The molecule has 4 aromatic rings. The van der Waals surface area contributed by atoms with E-state index in [9.17, 15) is 4.79 Å². The van der Waals surface area contributed by atoms with E-state index >= 15 is 4.39 Å². The molecule has 2 aromatic carbocycles. The number of nitrogens with one attached hydrogen (secondary N) is 1. The smallest absolute Gasteiger partial charge is 0.170 e. The first kappa shape index (κ1) is 22.7. The number of nitrogens with zero attached hydrogens (tertiary/aromatic N) is 5. The third-order valence-electron chi connectivity index (χ3n) is 7.88. The number of fused-ring (bicyclic) bond motifs is 2. The Hall–Kier alpha value is -3.72. The number of carbonyl (C=O) groups is 1. The summed E-state index contributed by atoms with van der Waals surface area (Å²) in [6, 6.07) is 10.8. The number of hydrogen-bond acceptors (Lipinski definition) is 6. The average molecular weight is 489 g/mol. The first-order valence-corrected chi connectivity index (χ1v) is 12.2. The summed E-state index contributed by atoms with van der Waals surface area (Å²) in [5.74, 6) is 0.715. The highest BCUT2D eigenvalue weighted by atomic mass is 19.1. The summed E-state index contributed by atoms with van der Waals surface area (Å²) < 4.78 is 23.2. The molecule has 1 N–H and O–H groups in total. The summed E-state index contributed by atoms with van der Waals surface area (Å²) in [5, 5.41) is 4.40. The van der Waals surface area contributed by atoms with Crippen LogP contribution >= 0.6 is 0 Å². The van der Waals surface area contributed by atoms with Crippen molar-refractivity contribution >= 4 is 28.7 Å². The summed E-state index contributed by atoms with van der Waals surface area (Å²) >= 11 is 0. The minimum absolute atomic E-state index is 0.307. The SMILES string of the molecule is Cc1c(C(c2ccc(N3CC4COCC4C3)cc2F)N(C)c2ccc3[nH]cnc3c2)c(C=O)nn1C. The van der Waals surface area contributed by atoms with Crippen LogP contribution in [0.5, 0.6) is 0 Å². The van der Waals surface area contributed by atoms with Crippen LogP contribution in [0.1, 0.15) is 33.4 Å². The molecule has 3 unspecified atom stereocenters. The maximum atomic E-state index is 16.0. The van der Waals surface area contributed by atoms with Crippen molar-refractivity contribution in [3.05, 3.63) is 71.1 Å². The molecule has 0 amide bonds. The van der Waals surface area contributed by atoms with E-state index < -0.39 is 6.04 Å². The Morgan fingerprint density at radius 3 is 2.69 bits per heavy atom. The number of ether oxygens (including phenoxy) is 1. The molecular formula is C27H29FN6O2. The van der Waals surface area contributed by atoms with Crippen molar-refractivity contribution in [2.24, 2.45) is 18.9 Å². The number of rotatable bonds is 6. The van der Waals surface area contributed by atoms with E-state index in [1.165, 1.54) is 0 Å². The van der Waals surface area contributed by atoms with Gasteiger partial charge in [-0.25, -0.2) is 9.37 Å². The Balaban J connectivity index is 1.43. The number of halogens is 1. The lowest BCUT2D eigenvalue weighted by molar-refractivity contribution is 0.111. The molecule has 0 saturated carbocycles. The molecule has 2 aliphatic heterocycles. The van der Waals surface area contributed by atoms with E-state index in [0.717, 1.165) is 60.7 Å². The van der Waals surface area contributed by atoms with Crippen LogP contribution in [0.25, 0.3) is 11.0 Å². The highest BCUT2D eigenvalue weighted by molar-refractivity contribution is 5.80. The van der Waals surface area contributed by atoms with Gasteiger partial charge in [0.2, 0.25) is 0 Å². The normalized spacial score (nSPS) is 20.2. The monoisotopic (exact) mass is 488 g/mol. The number of aryl methyl sites for hydroxylation is 1. The Morgan fingerprint density at radius 2 is 1.97 bits per heavy atom. The van der Waals surface area contributed by atoms with Crippen molar-refractivity contribution in [3.63, 3.8) is 0 Å². The molecule has 2 aliphatic rings. The fourth-order valence-electron chi connectivity index (χ4n) is 5.75. The highest BCUT2D eigenvalue weighted by Gasteiger charge is 2.37. The Labute approximate surface area is 208 Å². The second-order valence-electron chi connectivity index (χ2n) is 9.91. The zero-order valence-corrected chi connectivity index (χ0v) is 20.6. The molecule has 2 aromatic heterocycles. The van der Waals surface area contributed by atoms with Gasteiger partial charge in [0.15, 0.2) is 6.29 Å². The van der Waals surface area contributed by atoms with Gasteiger partial charge in [-0.05, 0) is 37.3 Å². The summed E-state index contributed by atoms with van der Waals surface area (Å²) in [7, 11) is 3.71. The molecule has 2 fully saturated rings. The maximum absolute atomic E-state index is 16.0. The van der Waals surface area contributed by atoms with Crippen LogP contribution in [-0.2, 0) is 11.8 Å². The number of H-pyrrole nitrogens is 1. The Kier molecular flexibility index (Phi) is 5.52. The standard InChI is InChI=1S/C27H29FN6O2/c1-16-26(25(12-35)31-33(16)3)27(32(2)19-5-7-23-24(9-19)30-15-29-23)21-6-4-20(8-22(21)28)34-10-17-13-36-14-18(17)11-34/h4-9,12,15,17-18,27H,10-11,13-14H2,1-3H3,(H,29,30). The number of carbonyl (C=O) groups excluding carboxylic acids is 1. The second-order valence-corrected chi connectivity index (χ2v) is 9.91. The highest BCUT2D eigenvalue weighted by Crippen LogP contribution is 2.39. The molecule has 8 nitrogen and oxygen atoms in total. The van der Waals surface area contributed by atoms with Gasteiger partial charge in [-0.15, -0.1) is 0 Å². The van der Waals surface area contributed by atoms with E-state index in [2.05, 4.69) is 20.0 Å². The molecule has 2 saturated heterocycles. The number of hydrogen-bond donors (Lipinski definition) is 1. The molecule has 36 heavy (non-hydrogen) atoms. The Bertz CT molecular complexity index is 1430. The van der Waals surface area contributed by atoms with Crippen molar-refractivity contribution in [2.45, 2.75) is 13.0 Å². The lowest BCUT2D eigenvalue weighted by Crippen LogP contribution is -2.28. The summed E-state index contributed by atoms with van der Waals surface area (Å²) in [5.41, 5.74) is 5.78. The van der Waals surface area contributed by atoms with E-state index in [1.54, 1.807) is 24.1 Å². The largest absolute Gasteiger partial charge is 0.381 e. The van der Waals surface area contributed by atoms with Gasteiger partial charge in [-0.1, -0.05) is 6.07 Å². The number of imidazole rings is 1. The van der Waals surface area contributed by atoms with Crippen LogP contribution in [0.2, 0.25) is 0 Å². The minimum Gasteiger partial charge on any atom is -0.381 e. The van der Waals surface area contributed by atoms with Gasteiger partial charge in [0, 0.05) is 67.2 Å². The van der Waals surface area contributed by atoms with Crippen LogP contribution < -0.4 is 9.80 Å². The summed E-state index contributed by atoms with van der Waals surface area (Å²) in [6.45, 7) is 5.23. The number of anilines is 2. The molecule has 0 aliphatic carbocycles. The number of benzene rings is 2. The molecule has 9 heteroatoms. The quantitative estimate of drug-likeness (QED) is 0.415. The van der Waals surface area contributed by atoms with Crippen LogP contribution in [0.15, 0.2) is 42.7 Å². The molecule has 4 heterocycles. The Morgan fingerprint density at radius 1 is 1.19 bits per heavy atom. The lowest BCUT2D eigenvalue weighted by Gasteiger charge is -2.32. The topological polar surface area (TPSA) is 79.3 Å². The van der Waals surface area contributed by atoms with E-state index in [0.29, 0.717) is 28.7 Å². The molecule has 0 radical (unpaired) electrons. The molecule has 6 rings (SSSR count). The zero-order valence-electron chi connectivity index (χ0n) is 20.6. The first-order valence-electron chi connectivity index (χ1n) is 12.2. The number of aromatic amines is 1. The lowest BCUT2D eigenvalue weighted by atomic mass is 9.94. The average Bonchev–Trinajstić information content (AvgIpc) is 3.65. The van der Waals surface area contributed by atoms with Gasteiger partial charge >= 0.3 is 0 Å². The van der Waals surface area contributed by atoms with Crippen molar-refractivity contribution in [1.29, 1.82) is 0 Å². The van der Waals surface area contributed by atoms with Crippen molar-refractivity contribution in [3.8, 4) is 0 Å². The van der Waals surface area contributed by atoms with E-state index in [-0.39, 0.29) is 5.82 Å². The van der Waals surface area contributed by atoms with E-state index in [1.807, 2.05) is 49.2 Å². The van der Waals surface area contributed by atoms with Crippen LogP contribution in [0.4, 0.5) is 15.8 Å². The first-order chi connectivity index (χ1) is 17.4. The minimum atomic E-state index is -0.560. The van der Waals surface area contributed by atoms with E-state index in [4.69, 9.17) is 4.74 Å². The van der Waals surface area contributed by atoms with Gasteiger partial charge in [-0.2, -0.15) is 5.10 Å². The fraction of sp³-hybridized carbons (Fsp3) is 0.370. The zero-order chi connectivity index (χ0) is 25.0. The summed E-state index contributed by atoms with van der Waals surface area (Å²) in [4.78, 5) is 23.7. The molecular weight excluding hydrogens is 459 g/mol. The van der Waals surface area contributed by atoms with Crippen molar-refractivity contribution in [1.82, 2.24) is 19.7 Å². The summed E-state index contributed by atoms with van der Waals surface area (Å²) in [6.07, 6.45) is 2.40. The van der Waals surface area contributed by atoms with Gasteiger partial charge in [0.25, 0.3) is 0 Å². The van der Waals surface area contributed by atoms with Gasteiger partial charge in [0.1, 0.15) is 11.5 Å². The van der Waals surface area contributed by atoms with Crippen molar-refractivity contribution in [2.75, 3.05) is 43.2 Å². The van der Waals surface area contributed by atoms with Gasteiger partial charge in [-0.3, -0.25) is 9.48 Å². The van der Waals surface area contributed by atoms with Gasteiger partial charge in [0.05, 0.1) is 36.6 Å². The van der Waals surface area contributed by atoms with Crippen LogP contribution in [0, 0.1) is 24.6 Å². The predicted molar refractivity (Wildman–Crippen MR) is 136 cm³/mol.